The number of ketones is 1. The zero-order chi connectivity index (χ0) is 10.3. The van der Waals surface area contributed by atoms with Crippen LogP contribution in [0.15, 0.2) is 0 Å². The molecule has 0 rings (SSSR count). The van der Waals surface area contributed by atoms with Crippen LogP contribution in [-0.2, 0) is 19.1 Å². The van der Waals surface area contributed by atoms with Crippen LogP contribution < -0.4 is 0 Å². The zero-order valence-electron chi connectivity index (χ0n) is 8.33. The van der Waals surface area contributed by atoms with Crippen LogP contribution in [0.3, 0.4) is 0 Å². The number of Topliss-reactive ketones (excluding diaryl/α,β-unsaturated/α-hetero) is 1. The number of hydrogen-bond donors (Lipinski definition) is 0. The smallest absolute Gasteiger partial charge is 0.313 e. The second-order valence-electron chi connectivity index (χ2n) is 3.01. The predicted octanol–water partition coefficient (Wildman–Crippen LogP) is 0.791. The highest BCUT2D eigenvalue weighted by atomic mass is 16.6. The number of ether oxygens (including phenoxy) is 2. The molecular formula is C9H16O4. The summed E-state index contributed by atoms with van der Waals surface area (Å²) in [6.45, 7) is 4.08. The SMILES string of the molecule is COCCOC(=O)CC(=O)C(C)C. The molecule has 0 aromatic carbocycles. The Kier molecular flexibility index (Phi) is 6.14. The molecule has 0 aliphatic carbocycles. The number of carbonyl (C=O) groups is 2. The Morgan fingerprint density at radius 2 is 1.85 bits per heavy atom. The van der Waals surface area contributed by atoms with Crippen molar-refractivity contribution in [2.75, 3.05) is 20.3 Å². The van der Waals surface area contributed by atoms with Crippen molar-refractivity contribution in [1.29, 1.82) is 0 Å². The Balaban J connectivity index is 3.56. The van der Waals surface area contributed by atoms with Crippen LogP contribution in [0.1, 0.15) is 20.3 Å². The van der Waals surface area contributed by atoms with Crippen molar-refractivity contribution in [2.45, 2.75) is 20.3 Å². The first-order valence-electron chi connectivity index (χ1n) is 4.25. The van der Waals surface area contributed by atoms with E-state index in [2.05, 4.69) is 4.74 Å². The van der Waals surface area contributed by atoms with Gasteiger partial charge < -0.3 is 9.47 Å². The maximum atomic E-state index is 11.1. The van der Waals surface area contributed by atoms with Gasteiger partial charge in [0.15, 0.2) is 0 Å². The van der Waals surface area contributed by atoms with Gasteiger partial charge in [-0.1, -0.05) is 13.8 Å². The first kappa shape index (κ1) is 12.1. The first-order chi connectivity index (χ1) is 6.07. The summed E-state index contributed by atoms with van der Waals surface area (Å²) in [4.78, 5) is 22.0. The minimum atomic E-state index is -0.476. The summed E-state index contributed by atoms with van der Waals surface area (Å²) in [5.41, 5.74) is 0. The molecule has 0 aliphatic rings. The van der Waals surface area contributed by atoms with Crippen molar-refractivity contribution in [3.05, 3.63) is 0 Å². The lowest BCUT2D eigenvalue weighted by Crippen LogP contribution is -2.17. The van der Waals surface area contributed by atoms with E-state index in [1.807, 2.05) is 0 Å². The number of esters is 1. The van der Waals surface area contributed by atoms with E-state index in [-0.39, 0.29) is 24.7 Å². The largest absolute Gasteiger partial charge is 0.463 e. The van der Waals surface area contributed by atoms with Crippen molar-refractivity contribution in [3.8, 4) is 0 Å². The van der Waals surface area contributed by atoms with Gasteiger partial charge in [0.25, 0.3) is 0 Å². The van der Waals surface area contributed by atoms with Gasteiger partial charge in [-0.3, -0.25) is 9.59 Å². The van der Waals surface area contributed by atoms with Gasteiger partial charge in [0.1, 0.15) is 18.8 Å². The molecule has 0 heterocycles. The van der Waals surface area contributed by atoms with E-state index in [0.717, 1.165) is 0 Å². The molecular weight excluding hydrogens is 172 g/mol. The van der Waals surface area contributed by atoms with Crippen LogP contribution in [0, 0.1) is 5.92 Å². The molecule has 4 heteroatoms. The lowest BCUT2D eigenvalue weighted by atomic mass is 10.1. The van der Waals surface area contributed by atoms with Gasteiger partial charge in [-0.25, -0.2) is 0 Å². The molecule has 0 atom stereocenters. The molecule has 76 valence electrons. The van der Waals surface area contributed by atoms with Gasteiger partial charge in [0, 0.05) is 13.0 Å². The fraction of sp³-hybridized carbons (Fsp3) is 0.778. The molecule has 0 saturated heterocycles. The van der Waals surface area contributed by atoms with Crippen LogP contribution >= 0.6 is 0 Å². The Bertz CT molecular complexity index is 174. The van der Waals surface area contributed by atoms with Gasteiger partial charge in [0.2, 0.25) is 0 Å². The topological polar surface area (TPSA) is 52.6 Å². The molecule has 0 unspecified atom stereocenters. The van der Waals surface area contributed by atoms with E-state index in [1.54, 1.807) is 13.8 Å². The second-order valence-corrected chi connectivity index (χ2v) is 3.01. The maximum Gasteiger partial charge on any atom is 0.313 e. The normalized spacial score (nSPS) is 10.2. The minimum Gasteiger partial charge on any atom is -0.463 e. The molecule has 0 spiro atoms. The van der Waals surface area contributed by atoms with Gasteiger partial charge in [0.05, 0.1) is 6.61 Å². The monoisotopic (exact) mass is 188 g/mol. The highest BCUT2D eigenvalue weighted by Crippen LogP contribution is 1.99. The average molecular weight is 188 g/mol. The van der Waals surface area contributed by atoms with Gasteiger partial charge in [-0.15, -0.1) is 0 Å². The van der Waals surface area contributed by atoms with Crippen molar-refractivity contribution in [3.63, 3.8) is 0 Å². The average Bonchev–Trinajstić information content (AvgIpc) is 2.04. The molecule has 0 N–H and O–H groups in total. The van der Waals surface area contributed by atoms with Crippen molar-refractivity contribution < 1.29 is 19.1 Å². The third kappa shape index (κ3) is 6.28. The van der Waals surface area contributed by atoms with Crippen LogP contribution in [0.5, 0.6) is 0 Å². The first-order valence-corrected chi connectivity index (χ1v) is 4.25. The summed E-state index contributed by atoms with van der Waals surface area (Å²) in [6.07, 6.45) is -0.138. The molecule has 0 saturated carbocycles. The van der Waals surface area contributed by atoms with Gasteiger partial charge in [-0.2, -0.15) is 0 Å². The van der Waals surface area contributed by atoms with E-state index in [9.17, 15) is 9.59 Å². The third-order valence-electron chi connectivity index (χ3n) is 1.51. The fourth-order valence-corrected chi connectivity index (χ4v) is 0.636. The predicted molar refractivity (Wildman–Crippen MR) is 47.3 cm³/mol. The molecule has 0 aromatic heterocycles. The number of methoxy groups -OCH3 is 1. The molecule has 4 nitrogen and oxygen atoms in total. The van der Waals surface area contributed by atoms with Crippen molar-refractivity contribution in [2.24, 2.45) is 5.92 Å². The second kappa shape index (κ2) is 6.60. The summed E-state index contributed by atoms with van der Waals surface area (Å²) in [7, 11) is 1.52. The lowest BCUT2D eigenvalue weighted by Gasteiger charge is -2.04. The van der Waals surface area contributed by atoms with E-state index < -0.39 is 5.97 Å². The standard InChI is InChI=1S/C9H16O4/c1-7(2)8(10)6-9(11)13-5-4-12-3/h7H,4-6H2,1-3H3. The summed E-state index contributed by atoms with van der Waals surface area (Å²) >= 11 is 0. The highest BCUT2D eigenvalue weighted by Gasteiger charge is 2.13. The molecule has 0 bridgehead atoms. The third-order valence-corrected chi connectivity index (χ3v) is 1.51. The number of hydrogen-bond acceptors (Lipinski definition) is 4. The Morgan fingerprint density at radius 3 is 2.31 bits per heavy atom. The van der Waals surface area contributed by atoms with Crippen molar-refractivity contribution in [1.82, 2.24) is 0 Å². The molecule has 0 radical (unpaired) electrons. The van der Waals surface area contributed by atoms with Crippen LogP contribution in [-0.4, -0.2) is 32.1 Å². The van der Waals surface area contributed by atoms with E-state index in [4.69, 9.17) is 4.74 Å². The molecule has 0 amide bonds. The highest BCUT2D eigenvalue weighted by molar-refractivity contribution is 5.96. The zero-order valence-corrected chi connectivity index (χ0v) is 8.33. The minimum absolute atomic E-state index is 0.0950. The quantitative estimate of drug-likeness (QED) is 0.351. The maximum absolute atomic E-state index is 11.1. The van der Waals surface area contributed by atoms with E-state index in [1.165, 1.54) is 7.11 Å². The molecule has 0 aliphatic heterocycles. The molecule has 0 aromatic rings. The van der Waals surface area contributed by atoms with Gasteiger partial charge >= 0.3 is 5.97 Å². The van der Waals surface area contributed by atoms with E-state index >= 15 is 0 Å². The summed E-state index contributed by atoms with van der Waals surface area (Å²) in [5.74, 6) is -0.687. The lowest BCUT2D eigenvalue weighted by molar-refractivity contribution is -0.147. The van der Waals surface area contributed by atoms with Gasteiger partial charge in [-0.05, 0) is 0 Å². The van der Waals surface area contributed by atoms with Crippen molar-refractivity contribution >= 4 is 11.8 Å². The number of carbonyl (C=O) groups excluding carboxylic acids is 2. The Hall–Kier alpha value is -0.900. The van der Waals surface area contributed by atoms with E-state index in [0.29, 0.717) is 6.61 Å². The summed E-state index contributed by atoms with van der Waals surface area (Å²) in [5, 5.41) is 0. The molecule has 13 heavy (non-hydrogen) atoms. The Morgan fingerprint density at radius 1 is 1.23 bits per heavy atom. The van der Waals surface area contributed by atoms with Crippen LogP contribution in [0.4, 0.5) is 0 Å². The summed E-state index contributed by atoms with van der Waals surface area (Å²) < 4.78 is 9.40. The Labute approximate surface area is 78.2 Å². The van der Waals surface area contributed by atoms with Crippen LogP contribution in [0.2, 0.25) is 0 Å². The number of rotatable bonds is 6. The van der Waals surface area contributed by atoms with Crippen LogP contribution in [0.25, 0.3) is 0 Å². The summed E-state index contributed by atoms with van der Waals surface area (Å²) in [6, 6.07) is 0. The molecule has 0 fully saturated rings. The fourth-order valence-electron chi connectivity index (χ4n) is 0.636.